The summed E-state index contributed by atoms with van der Waals surface area (Å²) in [5.74, 6) is 0. The van der Waals surface area contributed by atoms with Crippen molar-refractivity contribution in [2.45, 2.75) is 44.4 Å². The number of benzene rings is 1. The molecular weight excluding hydrogens is 252 g/mol. The molecule has 1 saturated carbocycles. The largest absolute Gasteiger partial charge is 0.445 e. The maximum atomic E-state index is 12.3. The Hall–Kier alpha value is -1.55. The highest BCUT2D eigenvalue weighted by Crippen LogP contribution is 2.26. The van der Waals surface area contributed by atoms with Crippen LogP contribution in [0, 0.1) is 0 Å². The zero-order valence-corrected chi connectivity index (χ0v) is 11.8. The zero-order chi connectivity index (χ0) is 13.8. The van der Waals surface area contributed by atoms with Gasteiger partial charge in [-0.3, -0.25) is 0 Å². The van der Waals surface area contributed by atoms with E-state index in [0.717, 1.165) is 25.1 Å². The van der Waals surface area contributed by atoms with Crippen LogP contribution in [0.3, 0.4) is 0 Å². The molecule has 2 atom stereocenters. The maximum absolute atomic E-state index is 12.3. The van der Waals surface area contributed by atoms with Gasteiger partial charge in [0, 0.05) is 19.1 Å². The first-order chi connectivity index (χ1) is 9.84. The number of hydrogen-bond donors (Lipinski definition) is 1. The molecule has 4 heteroatoms. The summed E-state index contributed by atoms with van der Waals surface area (Å²) in [6.45, 7) is 2.00. The van der Waals surface area contributed by atoms with E-state index < -0.39 is 0 Å². The number of hydrogen-bond acceptors (Lipinski definition) is 3. The van der Waals surface area contributed by atoms with Gasteiger partial charge < -0.3 is 15.0 Å². The Balaban J connectivity index is 1.58. The summed E-state index contributed by atoms with van der Waals surface area (Å²) in [5.41, 5.74) is 1.04. The second-order valence-electron chi connectivity index (χ2n) is 5.65. The van der Waals surface area contributed by atoms with Gasteiger partial charge in [0.1, 0.15) is 6.61 Å². The Kier molecular flexibility index (Phi) is 4.21. The molecule has 1 aliphatic heterocycles. The number of nitrogens with one attached hydrogen (secondary N) is 1. The van der Waals surface area contributed by atoms with Crippen LogP contribution in [0.15, 0.2) is 30.3 Å². The smallest absolute Gasteiger partial charge is 0.410 e. The number of rotatable bonds is 2. The quantitative estimate of drug-likeness (QED) is 0.901. The van der Waals surface area contributed by atoms with Crippen molar-refractivity contribution in [1.29, 1.82) is 0 Å². The van der Waals surface area contributed by atoms with E-state index in [1.807, 2.05) is 35.2 Å². The normalized spacial score (nSPS) is 25.9. The van der Waals surface area contributed by atoms with Gasteiger partial charge in [0.15, 0.2) is 0 Å². The van der Waals surface area contributed by atoms with Crippen LogP contribution >= 0.6 is 0 Å². The third kappa shape index (κ3) is 2.96. The number of carbonyl (C=O) groups is 1. The lowest BCUT2D eigenvalue weighted by molar-refractivity contribution is 0.0478. The lowest BCUT2D eigenvalue weighted by Gasteiger charge is -2.43. The molecule has 1 aromatic rings. The third-order valence-corrected chi connectivity index (χ3v) is 4.33. The number of ether oxygens (including phenoxy) is 1. The topological polar surface area (TPSA) is 41.6 Å². The van der Waals surface area contributed by atoms with Crippen LogP contribution in [-0.4, -0.2) is 36.2 Å². The van der Waals surface area contributed by atoms with Crippen LogP contribution in [0.1, 0.15) is 31.2 Å². The van der Waals surface area contributed by atoms with E-state index in [1.54, 1.807) is 0 Å². The highest BCUT2D eigenvalue weighted by atomic mass is 16.6. The number of nitrogens with zero attached hydrogens (tertiary/aromatic N) is 1. The molecule has 0 radical (unpaired) electrons. The lowest BCUT2D eigenvalue weighted by atomic mass is 9.88. The standard InChI is InChI=1S/C16H22N2O2/c19-16(20-12-13-6-2-1-3-7-13)18-11-10-17-14-8-4-5-9-15(14)18/h1-3,6-7,14-15,17H,4-5,8-12H2/t14-,15+/m1/s1. The second-order valence-corrected chi connectivity index (χ2v) is 5.65. The van der Waals surface area contributed by atoms with E-state index in [1.165, 1.54) is 19.3 Å². The predicted octanol–water partition coefficient (Wildman–Crippen LogP) is 2.54. The van der Waals surface area contributed by atoms with E-state index in [-0.39, 0.29) is 6.09 Å². The van der Waals surface area contributed by atoms with E-state index in [0.29, 0.717) is 18.7 Å². The van der Waals surface area contributed by atoms with Crippen LogP contribution in [-0.2, 0) is 11.3 Å². The first kappa shape index (κ1) is 13.4. The average molecular weight is 274 g/mol. The monoisotopic (exact) mass is 274 g/mol. The average Bonchev–Trinajstić information content (AvgIpc) is 2.53. The van der Waals surface area contributed by atoms with Gasteiger partial charge in [-0.25, -0.2) is 4.79 Å². The molecule has 108 valence electrons. The summed E-state index contributed by atoms with van der Waals surface area (Å²) in [5, 5.41) is 3.53. The van der Waals surface area contributed by atoms with E-state index in [2.05, 4.69) is 5.32 Å². The molecule has 1 aromatic carbocycles. The van der Waals surface area contributed by atoms with Crippen molar-refractivity contribution >= 4 is 6.09 Å². The number of carbonyl (C=O) groups excluding carboxylic acids is 1. The first-order valence-corrected chi connectivity index (χ1v) is 7.55. The molecule has 3 rings (SSSR count). The van der Waals surface area contributed by atoms with Gasteiger partial charge in [-0.1, -0.05) is 43.2 Å². The molecule has 1 aliphatic carbocycles. The molecule has 1 amide bonds. The molecule has 0 bridgehead atoms. The third-order valence-electron chi connectivity index (χ3n) is 4.33. The van der Waals surface area contributed by atoms with Gasteiger partial charge in [0.05, 0.1) is 6.04 Å². The minimum atomic E-state index is -0.160. The fourth-order valence-corrected chi connectivity index (χ4v) is 3.29. The van der Waals surface area contributed by atoms with Crippen molar-refractivity contribution in [3.63, 3.8) is 0 Å². The van der Waals surface area contributed by atoms with Crippen molar-refractivity contribution in [1.82, 2.24) is 10.2 Å². The Labute approximate surface area is 120 Å². The van der Waals surface area contributed by atoms with Crippen LogP contribution < -0.4 is 5.32 Å². The number of fused-ring (bicyclic) bond motifs is 1. The summed E-state index contributed by atoms with van der Waals surface area (Å²) in [4.78, 5) is 14.2. The van der Waals surface area contributed by atoms with Crippen LogP contribution in [0.25, 0.3) is 0 Å². The Morgan fingerprint density at radius 2 is 2.05 bits per heavy atom. The summed E-state index contributed by atoms with van der Waals surface area (Å²) in [6.07, 6.45) is 4.59. The van der Waals surface area contributed by atoms with Gasteiger partial charge in [0.25, 0.3) is 0 Å². The van der Waals surface area contributed by atoms with Gasteiger partial charge >= 0.3 is 6.09 Å². The minimum Gasteiger partial charge on any atom is -0.445 e. The van der Waals surface area contributed by atoms with Gasteiger partial charge in [-0.15, -0.1) is 0 Å². The predicted molar refractivity (Wildman–Crippen MR) is 77.4 cm³/mol. The molecule has 0 spiro atoms. The van der Waals surface area contributed by atoms with E-state index in [4.69, 9.17) is 4.74 Å². The van der Waals surface area contributed by atoms with Crippen LogP contribution in [0.2, 0.25) is 0 Å². The maximum Gasteiger partial charge on any atom is 0.410 e. The summed E-state index contributed by atoms with van der Waals surface area (Å²) in [7, 11) is 0. The Morgan fingerprint density at radius 3 is 2.90 bits per heavy atom. The molecule has 1 saturated heterocycles. The summed E-state index contributed by atoms with van der Waals surface area (Å²) >= 11 is 0. The Morgan fingerprint density at radius 1 is 1.25 bits per heavy atom. The molecule has 4 nitrogen and oxygen atoms in total. The molecule has 2 fully saturated rings. The van der Waals surface area contributed by atoms with Gasteiger partial charge in [-0.2, -0.15) is 0 Å². The lowest BCUT2D eigenvalue weighted by Crippen LogP contribution is -2.60. The highest BCUT2D eigenvalue weighted by molar-refractivity contribution is 5.68. The molecule has 0 unspecified atom stereocenters. The van der Waals surface area contributed by atoms with E-state index in [9.17, 15) is 4.79 Å². The van der Waals surface area contributed by atoms with Crippen LogP contribution in [0.4, 0.5) is 4.79 Å². The van der Waals surface area contributed by atoms with Gasteiger partial charge in [-0.05, 0) is 18.4 Å². The highest BCUT2D eigenvalue weighted by Gasteiger charge is 2.36. The van der Waals surface area contributed by atoms with Gasteiger partial charge in [0.2, 0.25) is 0 Å². The van der Waals surface area contributed by atoms with Crippen molar-refractivity contribution in [3.05, 3.63) is 35.9 Å². The molecule has 1 N–H and O–H groups in total. The molecule has 20 heavy (non-hydrogen) atoms. The summed E-state index contributed by atoms with van der Waals surface area (Å²) < 4.78 is 5.48. The molecular formula is C16H22N2O2. The first-order valence-electron chi connectivity index (χ1n) is 7.55. The number of amides is 1. The minimum absolute atomic E-state index is 0.160. The van der Waals surface area contributed by atoms with Crippen molar-refractivity contribution in [3.8, 4) is 0 Å². The van der Waals surface area contributed by atoms with Crippen LogP contribution in [0.5, 0.6) is 0 Å². The number of piperazine rings is 1. The van der Waals surface area contributed by atoms with E-state index >= 15 is 0 Å². The van der Waals surface area contributed by atoms with Crippen molar-refractivity contribution in [2.24, 2.45) is 0 Å². The zero-order valence-electron chi connectivity index (χ0n) is 11.8. The SMILES string of the molecule is O=C(OCc1ccccc1)N1CCN[C@@H]2CCCC[C@@H]21. The fraction of sp³-hybridized carbons (Fsp3) is 0.562. The summed E-state index contributed by atoms with van der Waals surface area (Å²) in [6, 6.07) is 10.6. The second kappa shape index (κ2) is 6.27. The fourth-order valence-electron chi connectivity index (χ4n) is 3.29. The van der Waals surface area contributed by atoms with Crippen molar-refractivity contribution in [2.75, 3.05) is 13.1 Å². The Bertz CT molecular complexity index is 447. The molecule has 0 aromatic heterocycles. The molecule has 2 aliphatic rings. The van der Waals surface area contributed by atoms with Crippen molar-refractivity contribution < 1.29 is 9.53 Å². The molecule has 1 heterocycles.